The second-order valence-electron chi connectivity index (χ2n) is 2.49. The van der Waals surface area contributed by atoms with E-state index in [9.17, 15) is 4.79 Å². The molecule has 2 heterocycles. The molecule has 0 aliphatic heterocycles. The molecule has 2 aromatic rings. The van der Waals surface area contributed by atoms with Crippen LogP contribution in [-0.4, -0.2) is 15.0 Å². The summed E-state index contributed by atoms with van der Waals surface area (Å²) >= 11 is 0. The number of nitrogens with one attached hydrogen (secondary N) is 2. The predicted octanol–water partition coefficient (Wildman–Crippen LogP) is 0.560. The summed E-state index contributed by atoms with van der Waals surface area (Å²) in [7, 11) is 0. The molecule has 0 aliphatic rings. The standard InChI is InChI=1S/C7H7N3O/c1-4-2-5-6(8-3-4)10-7(11)9-5/h2-3H,1H3,(H2,8,9,10,11). The average Bonchev–Trinajstić information content (AvgIpc) is 2.27. The lowest BCUT2D eigenvalue weighted by Gasteiger charge is -1.88. The topological polar surface area (TPSA) is 61.5 Å². The second kappa shape index (κ2) is 1.95. The van der Waals surface area contributed by atoms with Gasteiger partial charge in [-0.25, -0.2) is 9.78 Å². The van der Waals surface area contributed by atoms with Crippen LogP contribution in [0.3, 0.4) is 0 Å². The molecule has 56 valence electrons. The number of hydrogen-bond donors (Lipinski definition) is 2. The highest BCUT2D eigenvalue weighted by molar-refractivity contribution is 5.69. The number of pyridine rings is 1. The van der Waals surface area contributed by atoms with Crippen molar-refractivity contribution in [3.05, 3.63) is 28.3 Å². The Labute approximate surface area is 62.3 Å². The number of aromatic nitrogens is 3. The van der Waals surface area contributed by atoms with Crippen LogP contribution in [0, 0.1) is 6.92 Å². The molecule has 0 aliphatic carbocycles. The third-order valence-corrected chi connectivity index (χ3v) is 1.50. The van der Waals surface area contributed by atoms with Gasteiger partial charge >= 0.3 is 5.69 Å². The first kappa shape index (κ1) is 6.15. The third-order valence-electron chi connectivity index (χ3n) is 1.50. The van der Waals surface area contributed by atoms with Gasteiger partial charge in [-0.3, -0.25) is 4.98 Å². The number of H-pyrrole nitrogens is 2. The summed E-state index contributed by atoms with van der Waals surface area (Å²) in [4.78, 5) is 20.0. The molecule has 0 amide bonds. The van der Waals surface area contributed by atoms with E-state index in [0.717, 1.165) is 11.1 Å². The van der Waals surface area contributed by atoms with Crippen molar-refractivity contribution in [3.63, 3.8) is 0 Å². The van der Waals surface area contributed by atoms with Gasteiger partial charge in [0.15, 0.2) is 5.65 Å². The maximum absolute atomic E-state index is 10.7. The number of nitrogens with zero attached hydrogens (tertiary/aromatic N) is 1. The van der Waals surface area contributed by atoms with Crippen LogP contribution in [0.25, 0.3) is 11.2 Å². The average molecular weight is 149 g/mol. The van der Waals surface area contributed by atoms with Crippen LogP contribution in [0.1, 0.15) is 5.56 Å². The fourth-order valence-electron chi connectivity index (χ4n) is 1.03. The van der Waals surface area contributed by atoms with Crippen molar-refractivity contribution in [1.82, 2.24) is 15.0 Å². The minimum Gasteiger partial charge on any atom is -0.304 e. The van der Waals surface area contributed by atoms with Gasteiger partial charge in [0.1, 0.15) is 0 Å². The quantitative estimate of drug-likeness (QED) is 0.574. The van der Waals surface area contributed by atoms with Crippen molar-refractivity contribution in [2.75, 3.05) is 0 Å². The van der Waals surface area contributed by atoms with E-state index in [4.69, 9.17) is 0 Å². The minimum atomic E-state index is -0.210. The van der Waals surface area contributed by atoms with E-state index < -0.39 is 0 Å². The first-order valence-electron chi connectivity index (χ1n) is 3.30. The lowest BCUT2D eigenvalue weighted by atomic mass is 10.3. The number of fused-ring (bicyclic) bond motifs is 1. The van der Waals surface area contributed by atoms with Gasteiger partial charge in [0.05, 0.1) is 5.52 Å². The number of imidazole rings is 1. The zero-order valence-electron chi connectivity index (χ0n) is 6.01. The molecule has 4 heteroatoms. The summed E-state index contributed by atoms with van der Waals surface area (Å²) in [6.07, 6.45) is 1.71. The Balaban J connectivity index is 2.92. The van der Waals surface area contributed by atoms with Gasteiger partial charge < -0.3 is 4.98 Å². The lowest BCUT2D eigenvalue weighted by Crippen LogP contribution is -1.99. The third kappa shape index (κ3) is 0.920. The van der Waals surface area contributed by atoms with Gasteiger partial charge in [-0.05, 0) is 18.6 Å². The Kier molecular flexibility index (Phi) is 1.09. The van der Waals surface area contributed by atoms with Crippen LogP contribution in [-0.2, 0) is 0 Å². The number of rotatable bonds is 0. The number of aryl methyl sites for hydroxylation is 1. The van der Waals surface area contributed by atoms with Crippen molar-refractivity contribution in [2.24, 2.45) is 0 Å². The van der Waals surface area contributed by atoms with Gasteiger partial charge in [0.25, 0.3) is 0 Å². The van der Waals surface area contributed by atoms with Crippen LogP contribution in [0.2, 0.25) is 0 Å². The number of hydrogen-bond acceptors (Lipinski definition) is 2. The molecule has 2 aromatic heterocycles. The van der Waals surface area contributed by atoms with Gasteiger partial charge in [-0.15, -0.1) is 0 Å². The monoisotopic (exact) mass is 149 g/mol. The highest BCUT2D eigenvalue weighted by atomic mass is 16.1. The van der Waals surface area contributed by atoms with E-state index in [2.05, 4.69) is 15.0 Å². The smallest absolute Gasteiger partial charge is 0.304 e. The highest BCUT2D eigenvalue weighted by Gasteiger charge is 1.96. The molecule has 4 nitrogen and oxygen atoms in total. The first-order chi connectivity index (χ1) is 5.25. The van der Waals surface area contributed by atoms with Crippen molar-refractivity contribution in [3.8, 4) is 0 Å². The number of aromatic amines is 2. The molecule has 2 N–H and O–H groups in total. The van der Waals surface area contributed by atoms with Crippen molar-refractivity contribution in [2.45, 2.75) is 6.92 Å². The summed E-state index contributed by atoms with van der Waals surface area (Å²) in [5.41, 5.74) is 2.20. The summed E-state index contributed by atoms with van der Waals surface area (Å²) in [5.74, 6) is 0. The Morgan fingerprint density at radius 2 is 2.27 bits per heavy atom. The van der Waals surface area contributed by atoms with Gasteiger partial charge in [-0.2, -0.15) is 0 Å². The van der Waals surface area contributed by atoms with Gasteiger partial charge in [0.2, 0.25) is 0 Å². The molecule has 0 unspecified atom stereocenters. The molecule has 0 saturated heterocycles. The van der Waals surface area contributed by atoms with Gasteiger partial charge in [-0.1, -0.05) is 0 Å². The molecule has 0 radical (unpaired) electrons. The van der Waals surface area contributed by atoms with E-state index in [-0.39, 0.29) is 5.69 Å². The SMILES string of the molecule is Cc1cnc2[nH]c(=O)[nH]c2c1. The molecule has 0 fully saturated rings. The fraction of sp³-hybridized carbons (Fsp3) is 0.143. The second-order valence-corrected chi connectivity index (χ2v) is 2.49. The summed E-state index contributed by atoms with van der Waals surface area (Å²) < 4.78 is 0. The highest BCUT2D eigenvalue weighted by Crippen LogP contribution is 2.04. The minimum absolute atomic E-state index is 0.210. The predicted molar refractivity (Wildman–Crippen MR) is 41.5 cm³/mol. The van der Waals surface area contributed by atoms with E-state index in [1.165, 1.54) is 0 Å². The maximum atomic E-state index is 10.7. The molecule has 0 bridgehead atoms. The Bertz CT molecular complexity index is 440. The van der Waals surface area contributed by atoms with Crippen molar-refractivity contribution >= 4 is 11.2 Å². The molecule has 0 aromatic carbocycles. The van der Waals surface area contributed by atoms with Crippen LogP contribution >= 0.6 is 0 Å². The molecule has 11 heavy (non-hydrogen) atoms. The first-order valence-corrected chi connectivity index (χ1v) is 3.30. The zero-order chi connectivity index (χ0) is 7.84. The Hall–Kier alpha value is -1.58. The van der Waals surface area contributed by atoms with E-state index in [1.54, 1.807) is 6.20 Å². The van der Waals surface area contributed by atoms with Crippen LogP contribution < -0.4 is 5.69 Å². The molecule has 0 atom stereocenters. The molecule has 2 rings (SSSR count). The maximum Gasteiger partial charge on any atom is 0.325 e. The van der Waals surface area contributed by atoms with Crippen molar-refractivity contribution in [1.29, 1.82) is 0 Å². The normalized spacial score (nSPS) is 10.6. The van der Waals surface area contributed by atoms with Crippen LogP contribution in [0.5, 0.6) is 0 Å². The van der Waals surface area contributed by atoms with Crippen LogP contribution in [0.4, 0.5) is 0 Å². The largest absolute Gasteiger partial charge is 0.325 e. The lowest BCUT2D eigenvalue weighted by molar-refractivity contribution is 1.20. The Morgan fingerprint density at radius 1 is 1.45 bits per heavy atom. The van der Waals surface area contributed by atoms with Gasteiger partial charge in [0, 0.05) is 6.20 Å². The van der Waals surface area contributed by atoms with E-state index >= 15 is 0 Å². The van der Waals surface area contributed by atoms with Crippen LogP contribution in [0.15, 0.2) is 17.1 Å². The van der Waals surface area contributed by atoms with E-state index in [1.807, 2.05) is 13.0 Å². The summed E-state index contributed by atoms with van der Waals surface area (Å²) in [5, 5.41) is 0. The van der Waals surface area contributed by atoms with E-state index in [0.29, 0.717) is 5.65 Å². The van der Waals surface area contributed by atoms with Crippen molar-refractivity contribution < 1.29 is 0 Å². The fourth-order valence-corrected chi connectivity index (χ4v) is 1.03. The summed E-state index contributed by atoms with van der Waals surface area (Å²) in [6, 6.07) is 1.88. The molecule has 0 saturated carbocycles. The molecule has 0 spiro atoms. The molecular weight excluding hydrogens is 142 g/mol. The zero-order valence-corrected chi connectivity index (χ0v) is 6.01. The molecular formula is C7H7N3O. The Morgan fingerprint density at radius 3 is 3.09 bits per heavy atom. The summed E-state index contributed by atoms with van der Waals surface area (Å²) in [6.45, 7) is 1.93.